The summed E-state index contributed by atoms with van der Waals surface area (Å²) in [6, 6.07) is 14.0. The number of pyridine rings is 1. The van der Waals surface area contributed by atoms with Gasteiger partial charge in [0.1, 0.15) is 6.54 Å². The van der Waals surface area contributed by atoms with E-state index >= 15 is 0 Å². The fourth-order valence-electron chi connectivity index (χ4n) is 1.77. The first-order valence-corrected chi connectivity index (χ1v) is 6.77. The first-order valence-electron chi connectivity index (χ1n) is 6.77. The molecular formula is C16H16N2O4. The van der Waals surface area contributed by atoms with E-state index in [1.54, 1.807) is 12.1 Å². The molecule has 2 rings (SSSR count). The second-order valence-corrected chi connectivity index (χ2v) is 4.59. The molecule has 22 heavy (non-hydrogen) atoms. The van der Waals surface area contributed by atoms with Crippen molar-refractivity contribution in [3.8, 4) is 0 Å². The van der Waals surface area contributed by atoms with E-state index in [-0.39, 0.29) is 18.7 Å². The van der Waals surface area contributed by atoms with Crippen molar-refractivity contribution in [3.63, 3.8) is 0 Å². The van der Waals surface area contributed by atoms with Crippen LogP contribution in [0, 0.1) is 0 Å². The number of rotatable bonds is 6. The molecule has 0 fully saturated rings. The van der Waals surface area contributed by atoms with Crippen LogP contribution in [-0.4, -0.2) is 23.1 Å². The number of hydrogen-bond acceptors (Lipinski definition) is 4. The summed E-state index contributed by atoms with van der Waals surface area (Å²) >= 11 is 0. The van der Waals surface area contributed by atoms with E-state index in [2.05, 4.69) is 5.32 Å². The van der Waals surface area contributed by atoms with Crippen molar-refractivity contribution < 1.29 is 14.3 Å². The maximum absolute atomic E-state index is 11.6. The average molecular weight is 300 g/mol. The van der Waals surface area contributed by atoms with Crippen LogP contribution in [0.4, 0.5) is 0 Å². The molecule has 1 aromatic heterocycles. The summed E-state index contributed by atoms with van der Waals surface area (Å²) < 4.78 is 6.05. The lowest BCUT2D eigenvalue weighted by atomic mass is 10.2. The summed E-state index contributed by atoms with van der Waals surface area (Å²) in [5, 5.41) is 2.64. The van der Waals surface area contributed by atoms with Crippen molar-refractivity contribution in [2.75, 3.05) is 6.61 Å². The van der Waals surface area contributed by atoms with Gasteiger partial charge in [0.05, 0.1) is 0 Å². The topological polar surface area (TPSA) is 77.4 Å². The van der Waals surface area contributed by atoms with Crippen LogP contribution in [0.2, 0.25) is 0 Å². The van der Waals surface area contributed by atoms with Crippen molar-refractivity contribution in [2.24, 2.45) is 0 Å². The maximum Gasteiger partial charge on any atom is 0.326 e. The Hall–Kier alpha value is -2.89. The lowest BCUT2D eigenvalue weighted by molar-refractivity contribution is -0.149. The molecule has 1 amide bonds. The summed E-state index contributed by atoms with van der Waals surface area (Å²) in [6.07, 6.45) is 1.49. The van der Waals surface area contributed by atoms with Crippen LogP contribution in [-0.2, 0) is 27.4 Å². The molecule has 6 nitrogen and oxygen atoms in total. The van der Waals surface area contributed by atoms with Crippen LogP contribution in [0.1, 0.15) is 5.56 Å². The first-order chi connectivity index (χ1) is 10.6. The van der Waals surface area contributed by atoms with Gasteiger partial charge < -0.3 is 14.6 Å². The number of nitrogens with one attached hydrogen (secondary N) is 1. The Kier molecular flexibility index (Phi) is 5.48. The van der Waals surface area contributed by atoms with Gasteiger partial charge in [-0.05, 0) is 11.6 Å². The molecule has 0 saturated heterocycles. The van der Waals surface area contributed by atoms with Gasteiger partial charge in [-0.25, -0.2) is 0 Å². The Balaban J connectivity index is 1.73. The fraction of sp³-hybridized carbons (Fsp3) is 0.188. The number of ether oxygens (including phenoxy) is 1. The standard InChI is InChI=1S/C16H16N2O4/c19-14(17-10-13-6-2-1-3-7-13)12-22-16(21)11-18-9-5-4-8-15(18)20/h1-9H,10-12H2,(H,17,19). The van der Waals surface area contributed by atoms with E-state index < -0.39 is 11.9 Å². The Morgan fingerprint density at radius 3 is 2.50 bits per heavy atom. The second-order valence-electron chi connectivity index (χ2n) is 4.59. The zero-order valence-corrected chi connectivity index (χ0v) is 11.9. The summed E-state index contributed by atoms with van der Waals surface area (Å²) in [7, 11) is 0. The normalized spacial score (nSPS) is 10.0. The van der Waals surface area contributed by atoms with E-state index in [0.29, 0.717) is 6.54 Å². The van der Waals surface area contributed by atoms with Gasteiger partial charge >= 0.3 is 5.97 Å². The molecule has 0 saturated carbocycles. The largest absolute Gasteiger partial charge is 0.454 e. The molecule has 1 aromatic carbocycles. The first kappa shape index (κ1) is 15.5. The third kappa shape index (κ3) is 4.90. The highest BCUT2D eigenvalue weighted by Gasteiger charge is 2.08. The highest BCUT2D eigenvalue weighted by molar-refractivity contribution is 5.80. The van der Waals surface area contributed by atoms with Crippen LogP contribution in [0.5, 0.6) is 0 Å². The van der Waals surface area contributed by atoms with Gasteiger partial charge in [-0.2, -0.15) is 0 Å². The van der Waals surface area contributed by atoms with Gasteiger partial charge in [-0.15, -0.1) is 0 Å². The quantitative estimate of drug-likeness (QED) is 0.797. The van der Waals surface area contributed by atoms with Gasteiger partial charge in [-0.3, -0.25) is 14.4 Å². The van der Waals surface area contributed by atoms with E-state index in [4.69, 9.17) is 4.74 Å². The molecule has 0 atom stereocenters. The summed E-state index contributed by atoms with van der Waals surface area (Å²) in [4.78, 5) is 34.6. The molecular weight excluding hydrogens is 284 g/mol. The number of carbonyl (C=O) groups is 2. The predicted octanol–water partition coefficient (Wildman–Crippen LogP) is 0.708. The highest BCUT2D eigenvalue weighted by Crippen LogP contribution is 1.97. The molecule has 0 radical (unpaired) electrons. The van der Waals surface area contributed by atoms with Crippen molar-refractivity contribution in [1.29, 1.82) is 0 Å². The summed E-state index contributed by atoms with van der Waals surface area (Å²) in [5.41, 5.74) is 0.658. The number of nitrogens with zero attached hydrogens (tertiary/aromatic N) is 1. The molecule has 0 aliphatic carbocycles. The number of hydrogen-bond donors (Lipinski definition) is 1. The molecule has 0 aliphatic rings. The molecule has 6 heteroatoms. The highest BCUT2D eigenvalue weighted by atomic mass is 16.5. The summed E-state index contributed by atoms with van der Waals surface area (Å²) in [6.45, 7) is -0.214. The lowest BCUT2D eigenvalue weighted by Crippen LogP contribution is -2.30. The van der Waals surface area contributed by atoms with Gasteiger partial charge in [0.2, 0.25) is 0 Å². The maximum atomic E-state index is 11.6. The van der Waals surface area contributed by atoms with E-state index in [1.807, 2.05) is 30.3 Å². The minimum Gasteiger partial charge on any atom is -0.454 e. The number of benzene rings is 1. The van der Waals surface area contributed by atoms with Gasteiger partial charge in [0, 0.05) is 18.8 Å². The third-order valence-electron chi connectivity index (χ3n) is 2.90. The Labute approximate surface area is 127 Å². The Morgan fingerprint density at radius 2 is 1.77 bits per heavy atom. The Morgan fingerprint density at radius 1 is 1.05 bits per heavy atom. The van der Waals surface area contributed by atoms with E-state index in [9.17, 15) is 14.4 Å². The average Bonchev–Trinajstić information content (AvgIpc) is 2.54. The van der Waals surface area contributed by atoms with Crippen LogP contribution in [0.3, 0.4) is 0 Å². The minimum atomic E-state index is -0.636. The van der Waals surface area contributed by atoms with Gasteiger partial charge in [0.25, 0.3) is 11.5 Å². The van der Waals surface area contributed by atoms with Crippen molar-refractivity contribution >= 4 is 11.9 Å². The number of amides is 1. The monoisotopic (exact) mass is 300 g/mol. The molecule has 114 valence electrons. The van der Waals surface area contributed by atoms with Crippen LogP contribution < -0.4 is 10.9 Å². The molecule has 0 bridgehead atoms. The number of esters is 1. The van der Waals surface area contributed by atoms with E-state index in [0.717, 1.165) is 5.56 Å². The summed E-state index contributed by atoms with van der Waals surface area (Å²) in [5.74, 6) is -1.03. The molecule has 1 N–H and O–H groups in total. The zero-order chi connectivity index (χ0) is 15.8. The zero-order valence-electron chi connectivity index (χ0n) is 11.9. The molecule has 0 unspecified atom stereocenters. The SMILES string of the molecule is O=C(COC(=O)Cn1ccccc1=O)NCc1ccccc1. The number of aromatic nitrogens is 1. The molecule has 0 aliphatic heterocycles. The molecule has 0 spiro atoms. The van der Waals surface area contributed by atoms with Crippen molar-refractivity contribution in [2.45, 2.75) is 13.1 Å². The van der Waals surface area contributed by atoms with Crippen molar-refractivity contribution in [3.05, 3.63) is 70.6 Å². The van der Waals surface area contributed by atoms with Gasteiger partial charge in [0.15, 0.2) is 6.61 Å². The van der Waals surface area contributed by atoms with Crippen LogP contribution in [0.25, 0.3) is 0 Å². The minimum absolute atomic E-state index is 0.217. The van der Waals surface area contributed by atoms with Crippen LogP contribution >= 0.6 is 0 Å². The van der Waals surface area contributed by atoms with Gasteiger partial charge in [-0.1, -0.05) is 36.4 Å². The smallest absolute Gasteiger partial charge is 0.326 e. The van der Waals surface area contributed by atoms with Crippen LogP contribution in [0.15, 0.2) is 59.5 Å². The van der Waals surface area contributed by atoms with Crippen molar-refractivity contribution in [1.82, 2.24) is 9.88 Å². The second kappa shape index (κ2) is 7.78. The fourth-order valence-corrected chi connectivity index (χ4v) is 1.77. The molecule has 2 aromatic rings. The Bertz CT molecular complexity index is 695. The third-order valence-corrected chi connectivity index (χ3v) is 2.90. The lowest BCUT2D eigenvalue weighted by Gasteiger charge is -2.07. The molecule has 1 heterocycles. The predicted molar refractivity (Wildman–Crippen MR) is 79.9 cm³/mol. The number of carbonyl (C=O) groups excluding carboxylic acids is 2. The van der Waals surface area contributed by atoms with E-state index in [1.165, 1.54) is 16.8 Å².